The molecule has 3 aromatic heterocycles. The van der Waals surface area contributed by atoms with Gasteiger partial charge in [-0.1, -0.05) is 36.4 Å². The Kier molecular flexibility index (Phi) is 6.84. The Morgan fingerprint density at radius 3 is 2.61 bits per heavy atom. The lowest BCUT2D eigenvalue weighted by atomic mass is 10.1. The first-order valence-electron chi connectivity index (χ1n) is 10.8. The molecule has 0 aliphatic heterocycles. The van der Waals surface area contributed by atoms with Crippen LogP contribution >= 0.6 is 11.3 Å². The molecule has 0 saturated heterocycles. The zero-order valence-corrected chi connectivity index (χ0v) is 19.7. The molecule has 33 heavy (non-hydrogen) atoms. The fraction of sp³-hybridized carbons (Fsp3) is 0.280. The van der Waals surface area contributed by atoms with E-state index in [4.69, 9.17) is 9.72 Å². The van der Waals surface area contributed by atoms with Gasteiger partial charge in [0.1, 0.15) is 0 Å². The van der Waals surface area contributed by atoms with Crippen LogP contribution in [-0.4, -0.2) is 45.2 Å². The number of thiophene rings is 1. The van der Waals surface area contributed by atoms with E-state index >= 15 is 0 Å². The number of methoxy groups -OCH3 is 1. The lowest BCUT2D eigenvalue weighted by molar-refractivity contribution is -0.140. The van der Waals surface area contributed by atoms with Crippen LogP contribution in [-0.2, 0) is 16.1 Å². The molecule has 4 aromatic rings. The summed E-state index contributed by atoms with van der Waals surface area (Å²) < 4.78 is 6.64. The highest BCUT2D eigenvalue weighted by Gasteiger charge is 2.24. The van der Waals surface area contributed by atoms with Crippen LogP contribution in [0.2, 0.25) is 0 Å². The summed E-state index contributed by atoms with van der Waals surface area (Å²) in [7, 11) is 1.35. The number of aromatic nitrogens is 3. The smallest absolute Gasteiger partial charge is 0.307 e. The zero-order chi connectivity index (χ0) is 23.4. The van der Waals surface area contributed by atoms with E-state index in [0.717, 1.165) is 16.1 Å². The van der Waals surface area contributed by atoms with Crippen molar-refractivity contribution in [2.45, 2.75) is 32.9 Å². The molecule has 0 radical (unpaired) electrons. The molecule has 8 heteroatoms. The maximum atomic E-state index is 13.9. The summed E-state index contributed by atoms with van der Waals surface area (Å²) in [6.07, 6.45) is 1.82. The highest BCUT2D eigenvalue weighted by Crippen LogP contribution is 2.30. The minimum Gasteiger partial charge on any atom is -0.469 e. The summed E-state index contributed by atoms with van der Waals surface area (Å²) in [5.74, 6) is -0.524. The number of carbonyl (C=O) groups is 2. The number of benzene rings is 1. The van der Waals surface area contributed by atoms with E-state index in [-0.39, 0.29) is 30.9 Å². The number of hydrogen-bond donors (Lipinski definition) is 0. The number of esters is 1. The number of hydrogen-bond acceptors (Lipinski definition) is 6. The Bertz CT molecular complexity index is 1250. The quantitative estimate of drug-likeness (QED) is 0.347. The number of ether oxygens (including phenoxy) is 1. The van der Waals surface area contributed by atoms with Crippen LogP contribution in [0.1, 0.15) is 42.2 Å². The Hall–Kier alpha value is -3.52. The van der Waals surface area contributed by atoms with Crippen LogP contribution in [0.3, 0.4) is 0 Å². The average Bonchev–Trinajstić information content (AvgIpc) is 3.51. The first-order valence-corrected chi connectivity index (χ1v) is 11.7. The largest absolute Gasteiger partial charge is 0.469 e. The number of fused-ring (bicyclic) bond motifs is 1. The Morgan fingerprint density at radius 2 is 1.94 bits per heavy atom. The van der Waals surface area contributed by atoms with Crippen LogP contribution in [0.5, 0.6) is 0 Å². The molecule has 7 nitrogen and oxygen atoms in total. The van der Waals surface area contributed by atoms with Crippen molar-refractivity contribution in [2.24, 2.45) is 0 Å². The van der Waals surface area contributed by atoms with E-state index in [2.05, 4.69) is 5.10 Å². The van der Waals surface area contributed by atoms with Crippen LogP contribution < -0.4 is 0 Å². The van der Waals surface area contributed by atoms with E-state index in [9.17, 15) is 9.59 Å². The predicted octanol–water partition coefficient (Wildman–Crippen LogP) is 4.95. The van der Waals surface area contributed by atoms with Crippen molar-refractivity contribution in [3.8, 4) is 10.6 Å². The number of nitrogens with zero attached hydrogens (tertiary/aromatic N) is 4. The van der Waals surface area contributed by atoms with Gasteiger partial charge in [-0.2, -0.15) is 5.10 Å². The van der Waals surface area contributed by atoms with Gasteiger partial charge in [0.2, 0.25) is 0 Å². The molecule has 0 aliphatic rings. The first kappa shape index (κ1) is 22.7. The standard InChI is InChI=1S/C25H26N4O3S/c1-17(2)29-24-20(15-26-29)19(14-21(27-24)22-10-7-13-33-22)25(31)28(12-11-23(30)32-3)16-18-8-5-4-6-9-18/h4-10,13-15,17H,11-12,16H2,1-3H3. The summed E-state index contributed by atoms with van der Waals surface area (Å²) in [6.45, 7) is 4.70. The Morgan fingerprint density at radius 1 is 1.15 bits per heavy atom. The predicted molar refractivity (Wildman–Crippen MR) is 129 cm³/mol. The van der Waals surface area contributed by atoms with Gasteiger partial charge in [-0.25, -0.2) is 9.67 Å². The summed E-state index contributed by atoms with van der Waals surface area (Å²) in [6, 6.07) is 15.6. The Balaban J connectivity index is 1.79. The van der Waals surface area contributed by atoms with Gasteiger partial charge in [0.15, 0.2) is 5.65 Å². The molecule has 0 N–H and O–H groups in total. The van der Waals surface area contributed by atoms with Crippen molar-refractivity contribution in [3.63, 3.8) is 0 Å². The monoisotopic (exact) mass is 462 g/mol. The molecule has 0 unspecified atom stereocenters. The second kappa shape index (κ2) is 9.95. The van der Waals surface area contributed by atoms with E-state index in [0.29, 0.717) is 23.1 Å². The fourth-order valence-electron chi connectivity index (χ4n) is 3.68. The molecule has 0 aliphatic carbocycles. The minimum absolute atomic E-state index is 0.0938. The van der Waals surface area contributed by atoms with Gasteiger partial charge in [-0.3, -0.25) is 9.59 Å². The molecule has 0 saturated carbocycles. The number of carbonyl (C=O) groups excluding carboxylic acids is 2. The Labute approximate surface area is 196 Å². The number of pyridine rings is 1. The molecule has 170 valence electrons. The molecule has 0 bridgehead atoms. The van der Waals surface area contributed by atoms with Crippen LogP contribution in [0.4, 0.5) is 0 Å². The van der Waals surface area contributed by atoms with Gasteiger partial charge in [0.25, 0.3) is 5.91 Å². The van der Waals surface area contributed by atoms with E-state index < -0.39 is 0 Å². The molecule has 1 amide bonds. The maximum absolute atomic E-state index is 13.9. The molecule has 4 rings (SSSR count). The topological polar surface area (TPSA) is 77.3 Å². The molecular weight excluding hydrogens is 436 g/mol. The lowest BCUT2D eigenvalue weighted by Gasteiger charge is -2.23. The van der Waals surface area contributed by atoms with Crippen LogP contribution in [0.15, 0.2) is 60.1 Å². The fourth-order valence-corrected chi connectivity index (χ4v) is 4.36. The second-order valence-corrected chi connectivity index (χ2v) is 8.94. The average molecular weight is 463 g/mol. The highest BCUT2D eigenvalue weighted by molar-refractivity contribution is 7.13. The van der Waals surface area contributed by atoms with E-state index in [1.165, 1.54) is 7.11 Å². The summed E-state index contributed by atoms with van der Waals surface area (Å²) in [5, 5.41) is 7.19. The van der Waals surface area contributed by atoms with Crippen LogP contribution in [0.25, 0.3) is 21.6 Å². The molecule has 1 aromatic carbocycles. The summed E-state index contributed by atoms with van der Waals surface area (Å²) in [4.78, 5) is 33.2. The molecule has 3 heterocycles. The van der Waals surface area contributed by atoms with Crippen molar-refractivity contribution < 1.29 is 14.3 Å². The van der Waals surface area contributed by atoms with Crippen molar-refractivity contribution in [2.75, 3.05) is 13.7 Å². The van der Waals surface area contributed by atoms with Crippen molar-refractivity contribution in [3.05, 3.63) is 71.2 Å². The van der Waals surface area contributed by atoms with Crippen molar-refractivity contribution >= 4 is 34.2 Å². The normalized spacial score (nSPS) is 11.2. The van der Waals surface area contributed by atoms with Gasteiger partial charge >= 0.3 is 5.97 Å². The first-order chi connectivity index (χ1) is 16.0. The maximum Gasteiger partial charge on any atom is 0.307 e. The lowest BCUT2D eigenvalue weighted by Crippen LogP contribution is -2.33. The van der Waals surface area contributed by atoms with Crippen LogP contribution in [0, 0.1) is 0 Å². The van der Waals surface area contributed by atoms with E-state index in [1.54, 1.807) is 22.4 Å². The molecule has 0 fully saturated rings. The van der Waals surface area contributed by atoms with Crippen molar-refractivity contribution in [1.82, 2.24) is 19.7 Å². The third kappa shape index (κ3) is 4.96. The minimum atomic E-state index is -0.354. The third-order valence-electron chi connectivity index (χ3n) is 5.38. The van der Waals surface area contributed by atoms with Gasteiger partial charge in [-0.05, 0) is 36.9 Å². The van der Waals surface area contributed by atoms with Gasteiger partial charge in [0.05, 0.1) is 41.2 Å². The summed E-state index contributed by atoms with van der Waals surface area (Å²) in [5.41, 5.74) is 2.91. The molecule has 0 atom stereocenters. The van der Waals surface area contributed by atoms with Gasteiger partial charge in [0, 0.05) is 19.1 Å². The molecular formula is C25H26N4O3S. The van der Waals surface area contributed by atoms with E-state index in [1.807, 2.05) is 72.4 Å². The summed E-state index contributed by atoms with van der Waals surface area (Å²) >= 11 is 1.57. The highest BCUT2D eigenvalue weighted by atomic mass is 32.1. The third-order valence-corrected chi connectivity index (χ3v) is 6.27. The second-order valence-electron chi connectivity index (χ2n) is 7.99. The number of rotatable bonds is 8. The SMILES string of the molecule is COC(=O)CCN(Cc1ccccc1)C(=O)c1cc(-c2cccs2)nc2c1cnn2C(C)C. The zero-order valence-electron chi connectivity index (χ0n) is 18.9. The van der Waals surface area contributed by atoms with Crippen molar-refractivity contribution in [1.29, 1.82) is 0 Å². The van der Waals surface area contributed by atoms with Gasteiger partial charge in [-0.15, -0.1) is 11.3 Å². The molecule has 0 spiro atoms. The van der Waals surface area contributed by atoms with Gasteiger partial charge < -0.3 is 9.64 Å². The number of amides is 1.